The van der Waals surface area contributed by atoms with Crippen LogP contribution in [0, 0.1) is 12.3 Å². The second-order valence-corrected chi connectivity index (χ2v) is 4.48. The van der Waals surface area contributed by atoms with Crippen molar-refractivity contribution in [3.63, 3.8) is 0 Å². The molecule has 0 radical (unpaired) electrons. The van der Waals surface area contributed by atoms with E-state index in [-0.39, 0.29) is 0 Å². The molecule has 0 aliphatic heterocycles. The van der Waals surface area contributed by atoms with Crippen molar-refractivity contribution in [1.82, 2.24) is 0 Å². The van der Waals surface area contributed by atoms with Crippen molar-refractivity contribution in [2.24, 2.45) is 0 Å². The van der Waals surface area contributed by atoms with Crippen LogP contribution in [0.5, 0.6) is 0 Å². The van der Waals surface area contributed by atoms with Gasteiger partial charge in [0.1, 0.15) is 0 Å². The van der Waals surface area contributed by atoms with Gasteiger partial charge in [0, 0.05) is 11.3 Å². The molecule has 15 heavy (non-hydrogen) atoms. The first kappa shape index (κ1) is 14.4. The second-order valence-electron chi connectivity index (χ2n) is 3.20. The zero-order valence-corrected chi connectivity index (χ0v) is 11.0. The van der Waals surface area contributed by atoms with E-state index in [1.54, 1.807) is 0 Å². The molecule has 1 aliphatic carbocycles. The average Bonchev–Trinajstić information content (AvgIpc) is 2.26. The fourth-order valence-corrected chi connectivity index (χ4v) is 2.61. The van der Waals surface area contributed by atoms with E-state index in [4.69, 9.17) is 6.42 Å². The predicted octanol–water partition coefficient (Wildman–Crippen LogP) is 4.78. The number of allylic oxidation sites excluding steroid dienone is 2. The van der Waals surface area contributed by atoms with Gasteiger partial charge in [-0.1, -0.05) is 27.4 Å². The van der Waals surface area contributed by atoms with Gasteiger partial charge in [0.05, 0.1) is 0 Å². The molecule has 84 valence electrons. The molecule has 0 aromatic rings. The maximum absolute atomic E-state index is 5.34. The zero-order chi connectivity index (χ0) is 11.7. The Labute approximate surface area is 99.2 Å². The molecule has 0 aromatic carbocycles. The molecule has 0 amide bonds. The third-order valence-electron chi connectivity index (χ3n) is 2.20. The minimum atomic E-state index is 0.807. The lowest BCUT2D eigenvalue weighted by molar-refractivity contribution is 0.769. The first-order valence-electron chi connectivity index (χ1n) is 5.76. The number of thioether (sulfide) groups is 1. The Morgan fingerprint density at radius 3 is 2.60 bits per heavy atom. The number of hydrogen-bond acceptors (Lipinski definition) is 1. The smallest absolute Gasteiger partial charge is 0.0310 e. The van der Waals surface area contributed by atoms with Gasteiger partial charge in [-0.25, -0.2) is 0 Å². The van der Waals surface area contributed by atoms with Crippen LogP contribution in [0.3, 0.4) is 0 Å². The van der Waals surface area contributed by atoms with Gasteiger partial charge in [0.15, 0.2) is 0 Å². The summed E-state index contributed by atoms with van der Waals surface area (Å²) in [5.41, 5.74) is 2.73. The molecular formula is C14H22S. The number of hydrogen-bond donors (Lipinski definition) is 0. The van der Waals surface area contributed by atoms with E-state index >= 15 is 0 Å². The molecule has 0 unspecified atom stereocenters. The summed E-state index contributed by atoms with van der Waals surface area (Å²) in [6, 6.07) is 0. The van der Waals surface area contributed by atoms with Gasteiger partial charge < -0.3 is 0 Å². The van der Waals surface area contributed by atoms with Gasteiger partial charge >= 0.3 is 0 Å². The monoisotopic (exact) mass is 222 g/mol. The van der Waals surface area contributed by atoms with Gasteiger partial charge in [-0.3, -0.25) is 0 Å². The Kier molecular flexibility index (Phi) is 8.33. The summed E-state index contributed by atoms with van der Waals surface area (Å²) < 4.78 is 0. The molecule has 0 atom stereocenters. The summed E-state index contributed by atoms with van der Waals surface area (Å²) >= 11 is 1.89. The topological polar surface area (TPSA) is 0 Å². The van der Waals surface area contributed by atoms with Crippen molar-refractivity contribution < 1.29 is 0 Å². The Balaban J connectivity index is 0.000000921. The third kappa shape index (κ3) is 4.62. The summed E-state index contributed by atoms with van der Waals surface area (Å²) in [7, 11) is 0. The van der Waals surface area contributed by atoms with E-state index < -0.39 is 0 Å². The summed E-state index contributed by atoms with van der Waals surface area (Å²) in [5, 5.41) is 0. The summed E-state index contributed by atoms with van der Waals surface area (Å²) in [6.07, 6.45) is 9.69. The van der Waals surface area contributed by atoms with Crippen molar-refractivity contribution in [3.05, 3.63) is 22.6 Å². The van der Waals surface area contributed by atoms with Gasteiger partial charge in [0.25, 0.3) is 0 Å². The Hall–Kier alpha value is -0.610. The van der Waals surface area contributed by atoms with Gasteiger partial charge in [0.2, 0.25) is 0 Å². The maximum Gasteiger partial charge on any atom is 0.0310 e. The van der Waals surface area contributed by atoms with Crippen molar-refractivity contribution in [3.8, 4) is 12.3 Å². The standard InChI is InChI=1S/C12H16S.C2H6/c1-4-7-11-9-6-8-10(3)12(11)13-5-2;1-2/h1H,3,5-9H2,2H3;1-2H3. The summed E-state index contributed by atoms with van der Waals surface area (Å²) in [4.78, 5) is 1.40. The zero-order valence-electron chi connectivity index (χ0n) is 10.2. The average molecular weight is 222 g/mol. The Morgan fingerprint density at radius 2 is 2.07 bits per heavy atom. The molecule has 0 aromatic heterocycles. The van der Waals surface area contributed by atoms with E-state index in [9.17, 15) is 0 Å². The molecule has 0 bridgehead atoms. The van der Waals surface area contributed by atoms with Gasteiger partial charge in [-0.2, -0.15) is 0 Å². The van der Waals surface area contributed by atoms with Crippen molar-refractivity contribution >= 4 is 11.8 Å². The Morgan fingerprint density at radius 1 is 1.40 bits per heavy atom. The fraction of sp³-hybridized carbons (Fsp3) is 0.571. The molecule has 0 fully saturated rings. The van der Waals surface area contributed by atoms with E-state index in [1.165, 1.54) is 28.9 Å². The van der Waals surface area contributed by atoms with Gasteiger partial charge in [-0.15, -0.1) is 24.1 Å². The minimum Gasteiger partial charge on any atom is -0.126 e. The highest BCUT2D eigenvalue weighted by atomic mass is 32.2. The SMILES string of the molecule is C#CCC1=C(SCC)C(=C)CCC1.CC. The minimum absolute atomic E-state index is 0.807. The highest BCUT2D eigenvalue weighted by molar-refractivity contribution is 8.03. The van der Waals surface area contributed by atoms with Crippen LogP contribution in [-0.4, -0.2) is 5.75 Å². The van der Waals surface area contributed by atoms with Crippen LogP contribution >= 0.6 is 11.8 Å². The normalized spacial score (nSPS) is 15.5. The molecule has 0 nitrogen and oxygen atoms in total. The van der Waals surface area contributed by atoms with E-state index in [2.05, 4.69) is 19.4 Å². The van der Waals surface area contributed by atoms with Crippen LogP contribution in [0.25, 0.3) is 0 Å². The van der Waals surface area contributed by atoms with E-state index in [0.717, 1.165) is 18.6 Å². The first-order chi connectivity index (χ1) is 7.29. The maximum atomic E-state index is 5.34. The largest absolute Gasteiger partial charge is 0.126 e. The van der Waals surface area contributed by atoms with Crippen molar-refractivity contribution in [2.45, 2.75) is 46.5 Å². The van der Waals surface area contributed by atoms with Gasteiger partial charge in [-0.05, 0) is 36.2 Å². The summed E-state index contributed by atoms with van der Waals surface area (Å²) in [6.45, 7) is 10.3. The number of rotatable bonds is 3. The fourth-order valence-electron chi connectivity index (χ4n) is 1.63. The van der Waals surface area contributed by atoms with E-state index in [1.807, 2.05) is 25.6 Å². The van der Waals surface area contributed by atoms with Crippen molar-refractivity contribution in [2.75, 3.05) is 5.75 Å². The third-order valence-corrected chi connectivity index (χ3v) is 3.36. The molecular weight excluding hydrogens is 200 g/mol. The molecule has 0 heterocycles. The van der Waals surface area contributed by atoms with Crippen LogP contribution in [0.15, 0.2) is 22.6 Å². The summed E-state index contributed by atoms with van der Waals surface area (Å²) in [5.74, 6) is 3.85. The quantitative estimate of drug-likeness (QED) is 0.619. The van der Waals surface area contributed by atoms with Crippen LogP contribution in [0.4, 0.5) is 0 Å². The Bertz CT molecular complexity index is 266. The van der Waals surface area contributed by atoms with Crippen LogP contribution in [0.1, 0.15) is 46.5 Å². The van der Waals surface area contributed by atoms with Crippen LogP contribution < -0.4 is 0 Å². The predicted molar refractivity (Wildman–Crippen MR) is 72.9 cm³/mol. The molecule has 0 spiro atoms. The molecule has 0 saturated heterocycles. The molecule has 1 aliphatic rings. The molecule has 1 rings (SSSR count). The van der Waals surface area contributed by atoms with Crippen LogP contribution in [-0.2, 0) is 0 Å². The number of terminal acetylenes is 1. The lowest BCUT2D eigenvalue weighted by atomic mass is 9.94. The lowest BCUT2D eigenvalue weighted by Crippen LogP contribution is -2.00. The first-order valence-corrected chi connectivity index (χ1v) is 6.74. The highest BCUT2D eigenvalue weighted by Crippen LogP contribution is 2.37. The second kappa shape index (κ2) is 8.68. The lowest BCUT2D eigenvalue weighted by Gasteiger charge is -2.20. The molecule has 0 saturated carbocycles. The molecule has 1 heteroatoms. The highest BCUT2D eigenvalue weighted by Gasteiger charge is 2.14. The van der Waals surface area contributed by atoms with E-state index in [0.29, 0.717) is 0 Å². The van der Waals surface area contributed by atoms with Crippen molar-refractivity contribution in [1.29, 1.82) is 0 Å². The molecule has 0 N–H and O–H groups in total. The van der Waals surface area contributed by atoms with Crippen LogP contribution in [0.2, 0.25) is 0 Å².